The van der Waals surface area contributed by atoms with Crippen LogP contribution in [0.25, 0.3) is 0 Å². The molecule has 2 aromatic rings. The lowest BCUT2D eigenvalue weighted by Gasteiger charge is -2.37. The summed E-state index contributed by atoms with van der Waals surface area (Å²) in [6.45, 7) is 7.06. The van der Waals surface area contributed by atoms with Gasteiger partial charge in [0, 0.05) is 43.2 Å². The Morgan fingerprint density at radius 3 is 2.62 bits per heavy atom. The molecule has 0 bridgehead atoms. The van der Waals surface area contributed by atoms with Crippen LogP contribution in [0, 0.1) is 0 Å². The second-order valence-corrected chi connectivity index (χ2v) is 7.23. The molecule has 0 amide bonds. The standard InChI is InChI=1S/C18H23ClN4O/c1-13(15-4-2-3-5-16(15)19)23-10-8-22(9-11-23)12-17-20-21-18(24-17)14-6-7-14/h2-5,13-14H,6-12H2,1H3/t13-/m1/s1. The number of rotatable bonds is 5. The molecule has 1 aliphatic carbocycles. The summed E-state index contributed by atoms with van der Waals surface area (Å²) in [5, 5.41) is 9.22. The zero-order chi connectivity index (χ0) is 16.5. The smallest absolute Gasteiger partial charge is 0.230 e. The van der Waals surface area contributed by atoms with Gasteiger partial charge in [-0.1, -0.05) is 29.8 Å². The minimum atomic E-state index is 0.339. The molecule has 4 rings (SSSR count). The van der Waals surface area contributed by atoms with Gasteiger partial charge >= 0.3 is 0 Å². The van der Waals surface area contributed by atoms with Crippen LogP contribution in [0.2, 0.25) is 5.02 Å². The van der Waals surface area contributed by atoms with E-state index in [9.17, 15) is 0 Å². The van der Waals surface area contributed by atoms with Gasteiger partial charge in [-0.15, -0.1) is 10.2 Å². The van der Waals surface area contributed by atoms with Gasteiger partial charge in [0.25, 0.3) is 0 Å². The summed E-state index contributed by atoms with van der Waals surface area (Å²) in [5.41, 5.74) is 1.21. The molecule has 2 fully saturated rings. The first-order chi connectivity index (χ1) is 11.7. The predicted octanol–water partition coefficient (Wildman–Crippen LogP) is 3.48. The number of benzene rings is 1. The van der Waals surface area contributed by atoms with Crippen LogP contribution in [0.5, 0.6) is 0 Å². The largest absolute Gasteiger partial charge is 0.424 e. The molecule has 2 aliphatic rings. The lowest BCUT2D eigenvalue weighted by Crippen LogP contribution is -2.46. The van der Waals surface area contributed by atoms with Gasteiger partial charge in [0.15, 0.2) is 0 Å². The lowest BCUT2D eigenvalue weighted by atomic mass is 10.1. The minimum Gasteiger partial charge on any atom is -0.424 e. The Balaban J connectivity index is 1.32. The molecular formula is C18H23ClN4O. The molecule has 128 valence electrons. The summed E-state index contributed by atoms with van der Waals surface area (Å²) < 4.78 is 5.77. The van der Waals surface area contributed by atoms with Crippen LogP contribution in [0.1, 0.15) is 49.1 Å². The molecule has 6 heteroatoms. The van der Waals surface area contributed by atoms with Crippen LogP contribution < -0.4 is 0 Å². The van der Waals surface area contributed by atoms with Crippen LogP contribution in [0.3, 0.4) is 0 Å². The quantitative estimate of drug-likeness (QED) is 0.829. The summed E-state index contributed by atoms with van der Waals surface area (Å²) in [6.07, 6.45) is 2.39. The molecule has 0 spiro atoms. The molecule has 0 N–H and O–H groups in total. The van der Waals surface area contributed by atoms with Crippen molar-refractivity contribution in [3.63, 3.8) is 0 Å². The van der Waals surface area contributed by atoms with Crippen LogP contribution in [0.4, 0.5) is 0 Å². The first kappa shape index (κ1) is 16.1. The van der Waals surface area contributed by atoms with Crippen molar-refractivity contribution >= 4 is 11.6 Å². The molecule has 0 radical (unpaired) electrons. The Morgan fingerprint density at radius 1 is 1.17 bits per heavy atom. The van der Waals surface area contributed by atoms with Gasteiger partial charge in [0.1, 0.15) is 0 Å². The van der Waals surface area contributed by atoms with E-state index < -0.39 is 0 Å². The molecule has 1 saturated carbocycles. The normalized spacial score (nSPS) is 21.1. The molecule has 1 saturated heterocycles. The molecule has 1 aromatic carbocycles. The average Bonchev–Trinajstić information content (AvgIpc) is 3.35. The van der Waals surface area contributed by atoms with E-state index in [4.69, 9.17) is 16.0 Å². The summed E-state index contributed by atoms with van der Waals surface area (Å²) in [6, 6.07) is 8.47. The molecule has 2 heterocycles. The van der Waals surface area contributed by atoms with E-state index in [-0.39, 0.29) is 0 Å². The SMILES string of the molecule is C[C@H](c1ccccc1Cl)N1CCN(Cc2nnc(C3CC3)o2)CC1. The Morgan fingerprint density at radius 2 is 1.92 bits per heavy atom. The molecule has 1 aromatic heterocycles. The summed E-state index contributed by atoms with van der Waals surface area (Å²) in [5.74, 6) is 2.11. The van der Waals surface area contributed by atoms with Gasteiger partial charge in [-0.25, -0.2) is 0 Å². The molecule has 5 nitrogen and oxygen atoms in total. The van der Waals surface area contributed by atoms with E-state index in [1.165, 1.54) is 18.4 Å². The maximum absolute atomic E-state index is 6.34. The van der Waals surface area contributed by atoms with E-state index in [0.29, 0.717) is 12.0 Å². The van der Waals surface area contributed by atoms with E-state index >= 15 is 0 Å². The van der Waals surface area contributed by atoms with Crippen LogP contribution in [-0.2, 0) is 6.54 Å². The molecule has 0 unspecified atom stereocenters. The third-order valence-corrected chi connectivity index (χ3v) is 5.42. The van der Waals surface area contributed by atoms with Gasteiger partial charge in [-0.2, -0.15) is 0 Å². The van der Waals surface area contributed by atoms with Gasteiger partial charge in [-0.3, -0.25) is 9.80 Å². The molecule has 24 heavy (non-hydrogen) atoms. The topological polar surface area (TPSA) is 45.4 Å². The minimum absolute atomic E-state index is 0.339. The van der Waals surface area contributed by atoms with Crippen LogP contribution >= 0.6 is 11.6 Å². The fourth-order valence-corrected chi connectivity index (χ4v) is 3.63. The third-order valence-electron chi connectivity index (χ3n) is 5.08. The van der Waals surface area contributed by atoms with Crippen molar-refractivity contribution in [2.24, 2.45) is 0 Å². The molecular weight excluding hydrogens is 324 g/mol. The monoisotopic (exact) mass is 346 g/mol. The number of nitrogens with zero attached hydrogens (tertiary/aromatic N) is 4. The Bertz CT molecular complexity index is 692. The van der Waals surface area contributed by atoms with Crippen molar-refractivity contribution in [3.8, 4) is 0 Å². The van der Waals surface area contributed by atoms with E-state index in [1.54, 1.807) is 0 Å². The van der Waals surface area contributed by atoms with Crippen molar-refractivity contribution in [2.45, 2.75) is 38.3 Å². The average molecular weight is 347 g/mol. The summed E-state index contributed by atoms with van der Waals surface area (Å²) >= 11 is 6.34. The van der Waals surface area contributed by atoms with Crippen molar-refractivity contribution in [1.82, 2.24) is 20.0 Å². The maximum Gasteiger partial charge on any atom is 0.230 e. The number of piperazine rings is 1. The molecule has 1 atom stereocenters. The highest BCUT2D eigenvalue weighted by molar-refractivity contribution is 6.31. The zero-order valence-corrected chi connectivity index (χ0v) is 14.7. The maximum atomic E-state index is 6.34. The third kappa shape index (κ3) is 3.48. The predicted molar refractivity (Wildman–Crippen MR) is 93.0 cm³/mol. The highest BCUT2D eigenvalue weighted by atomic mass is 35.5. The Kier molecular flexibility index (Phi) is 4.57. The van der Waals surface area contributed by atoms with Crippen molar-refractivity contribution in [1.29, 1.82) is 0 Å². The van der Waals surface area contributed by atoms with E-state index in [2.05, 4.69) is 39.1 Å². The van der Waals surface area contributed by atoms with Gasteiger partial charge in [0.05, 0.1) is 6.54 Å². The second-order valence-electron chi connectivity index (χ2n) is 6.82. The number of aromatic nitrogens is 2. The highest BCUT2D eigenvalue weighted by Crippen LogP contribution is 2.39. The first-order valence-electron chi connectivity index (χ1n) is 8.74. The van der Waals surface area contributed by atoms with Crippen molar-refractivity contribution in [2.75, 3.05) is 26.2 Å². The van der Waals surface area contributed by atoms with E-state index in [1.807, 2.05) is 12.1 Å². The van der Waals surface area contributed by atoms with Crippen molar-refractivity contribution in [3.05, 3.63) is 46.6 Å². The zero-order valence-electron chi connectivity index (χ0n) is 14.0. The summed E-state index contributed by atoms with van der Waals surface area (Å²) in [7, 11) is 0. The van der Waals surface area contributed by atoms with Gasteiger partial charge in [-0.05, 0) is 31.4 Å². The second kappa shape index (κ2) is 6.82. The van der Waals surface area contributed by atoms with Gasteiger partial charge < -0.3 is 4.42 Å². The van der Waals surface area contributed by atoms with Crippen molar-refractivity contribution < 1.29 is 4.42 Å². The Hall–Kier alpha value is -1.43. The fraction of sp³-hybridized carbons (Fsp3) is 0.556. The number of hydrogen-bond donors (Lipinski definition) is 0. The number of halogens is 1. The highest BCUT2D eigenvalue weighted by Gasteiger charge is 2.30. The first-order valence-corrected chi connectivity index (χ1v) is 9.11. The Labute approximate surface area is 147 Å². The van der Waals surface area contributed by atoms with Gasteiger partial charge in [0.2, 0.25) is 11.8 Å². The fourth-order valence-electron chi connectivity index (χ4n) is 3.34. The number of hydrogen-bond acceptors (Lipinski definition) is 5. The molecule has 1 aliphatic heterocycles. The summed E-state index contributed by atoms with van der Waals surface area (Å²) in [4.78, 5) is 4.88. The van der Waals surface area contributed by atoms with E-state index in [0.717, 1.165) is 49.5 Å². The van der Waals surface area contributed by atoms with Crippen LogP contribution in [-0.4, -0.2) is 46.2 Å². The lowest BCUT2D eigenvalue weighted by molar-refractivity contribution is 0.0918. The van der Waals surface area contributed by atoms with Crippen LogP contribution in [0.15, 0.2) is 28.7 Å².